The molecular weight excluding hydrogens is 286 g/mol. The average molecular weight is 307 g/mol. The molecule has 2 heterocycles. The maximum atomic E-state index is 12.0. The Balaban J connectivity index is 1.94. The molecule has 1 fully saturated rings. The molecule has 3 rings (SSSR count). The number of nitriles is 1. The number of hydrogen-bond acceptors (Lipinski definition) is 3. The third-order valence-corrected chi connectivity index (χ3v) is 4.37. The molecule has 0 amide bonds. The van der Waals surface area contributed by atoms with Gasteiger partial charge in [-0.15, -0.1) is 0 Å². The van der Waals surface area contributed by atoms with Crippen molar-refractivity contribution in [3.05, 3.63) is 57.5 Å². The first kappa shape index (κ1) is 15.5. The Kier molecular flexibility index (Phi) is 4.59. The number of pyridine rings is 1. The molecule has 4 heteroatoms. The second-order valence-electron chi connectivity index (χ2n) is 6.22. The van der Waals surface area contributed by atoms with E-state index in [-0.39, 0.29) is 11.1 Å². The van der Waals surface area contributed by atoms with Crippen LogP contribution in [0.15, 0.2) is 35.1 Å². The minimum absolute atomic E-state index is 0.186. The van der Waals surface area contributed by atoms with E-state index in [0.29, 0.717) is 5.56 Å². The smallest absolute Gasteiger partial charge is 0.266 e. The molecular formula is C19H21N3O. The summed E-state index contributed by atoms with van der Waals surface area (Å²) in [5, 5.41) is 9.30. The number of H-pyrrole nitrogens is 1. The molecule has 0 bridgehead atoms. The Hall–Kier alpha value is -2.38. The first-order valence-electron chi connectivity index (χ1n) is 8.13. The van der Waals surface area contributed by atoms with Crippen LogP contribution in [0, 0.1) is 18.3 Å². The number of likely N-dealkylation sites (tertiary alicyclic amines) is 1. The topological polar surface area (TPSA) is 59.9 Å². The molecule has 0 aliphatic carbocycles. The zero-order valence-corrected chi connectivity index (χ0v) is 13.4. The van der Waals surface area contributed by atoms with E-state index in [9.17, 15) is 10.1 Å². The number of nitrogens with zero attached hydrogens (tertiary/aromatic N) is 2. The highest BCUT2D eigenvalue weighted by atomic mass is 16.1. The number of hydrogen-bond donors (Lipinski definition) is 1. The molecule has 4 nitrogen and oxygen atoms in total. The number of aromatic amines is 1. The van der Waals surface area contributed by atoms with Gasteiger partial charge in [0.2, 0.25) is 0 Å². The Morgan fingerprint density at radius 2 is 2.00 bits per heavy atom. The molecule has 0 saturated carbocycles. The second kappa shape index (κ2) is 6.80. The van der Waals surface area contributed by atoms with Crippen molar-refractivity contribution in [2.24, 2.45) is 0 Å². The van der Waals surface area contributed by atoms with Crippen LogP contribution in [-0.4, -0.2) is 23.0 Å². The molecule has 0 atom stereocenters. The number of rotatable bonds is 3. The second-order valence-corrected chi connectivity index (χ2v) is 6.22. The summed E-state index contributed by atoms with van der Waals surface area (Å²) in [5.74, 6) is 0. The lowest BCUT2D eigenvalue weighted by Crippen LogP contribution is -2.29. The molecule has 1 aromatic carbocycles. The quantitative estimate of drug-likeness (QED) is 0.947. The maximum Gasteiger partial charge on any atom is 0.266 e. The molecule has 0 unspecified atom stereocenters. The predicted octanol–water partition coefficient (Wildman–Crippen LogP) is 3.21. The minimum Gasteiger partial charge on any atom is -0.325 e. The maximum absolute atomic E-state index is 12.0. The number of aryl methyl sites for hydroxylation is 1. The summed E-state index contributed by atoms with van der Waals surface area (Å²) in [6.45, 7) is 5.07. The van der Waals surface area contributed by atoms with Gasteiger partial charge in [0.25, 0.3) is 5.56 Å². The Bertz CT molecular complexity index is 795. The largest absolute Gasteiger partial charge is 0.325 e. The lowest BCUT2D eigenvalue weighted by atomic mass is 9.99. The van der Waals surface area contributed by atoms with Gasteiger partial charge in [-0.2, -0.15) is 5.26 Å². The first-order chi connectivity index (χ1) is 11.2. The standard InChI is InChI=1S/C19H21N3O/c1-14-10-17(18(12-20)19(23)21-14)16-7-5-6-15(11-16)13-22-8-3-2-4-9-22/h5-7,10-11H,2-4,8-9,13H2,1H3,(H,21,23). The summed E-state index contributed by atoms with van der Waals surface area (Å²) in [5.41, 5.74) is 3.52. The molecule has 1 aromatic heterocycles. The SMILES string of the molecule is Cc1cc(-c2cccc(CN3CCCCC3)c2)c(C#N)c(=O)[nH]1. The van der Waals surface area contributed by atoms with Crippen molar-refractivity contribution in [1.82, 2.24) is 9.88 Å². The van der Waals surface area contributed by atoms with E-state index in [4.69, 9.17) is 0 Å². The minimum atomic E-state index is -0.316. The van der Waals surface area contributed by atoms with E-state index in [1.807, 2.05) is 31.2 Å². The van der Waals surface area contributed by atoms with E-state index >= 15 is 0 Å². The molecule has 23 heavy (non-hydrogen) atoms. The Morgan fingerprint density at radius 3 is 2.74 bits per heavy atom. The normalized spacial score (nSPS) is 15.3. The van der Waals surface area contributed by atoms with Crippen LogP contribution in [0.25, 0.3) is 11.1 Å². The molecule has 118 valence electrons. The number of aromatic nitrogens is 1. The Morgan fingerprint density at radius 1 is 1.22 bits per heavy atom. The van der Waals surface area contributed by atoms with Gasteiger partial charge in [0.15, 0.2) is 0 Å². The van der Waals surface area contributed by atoms with Crippen LogP contribution in [0.3, 0.4) is 0 Å². The number of piperidine rings is 1. The van der Waals surface area contributed by atoms with E-state index in [1.54, 1.807) is 0 Å². The van der Waals surface area contributed by atoms with Crippen LogP contribution in [0.4, 0.5) is 0 Å². The molecule has 0 radical (unpaired) electrons. The van der Waals surface area contributed by atoms with Crippen molar-refractivity contribution in [2.45, 2.75) is 32.7 Å². The molecule has 0 spiro atoms. The monoisotopic (exact) mass is 307 g/mol. The van der Waals surface area contributed by atoms with Crippen LogP contribution in [-0.2, 0) is 6.54 Å². The summed E-state index contributed by atoms with van der Waals surface area (Å²) in [6.07, 6.45) is 3.87. The average Bonchev–Trinajstić information content (AvgIpc) is 2.55. The summed E-state index contributed by atoms with van der Waals surface area (Å²) >= 11 is 0. The highest BCUT2D eigenvalue weighted by Gasteiger charge is 2.13. The van der Waals surface area contributed by atoms with Crippen LogP contribution >= 0.6 is 0 Å². The Labute approximate surface area is 136 Å². The molecule has 1 saturated heterocycles. The van der Waals surface area contributed by atoms with Gasteiger partial charge in [-0.1, -0.05) is 24.6 Å². The van der Waals surface area contributed by atoms with Crippen molar-refractivity contribution in [3.8, 4) is 17.2 Å². The van der Waals surface area contributed by atoms with Crippen LogP contribution in [0.5, 0.6) is 0 Å². The predicted molar refractivity (Wildman–Crippen MR) is 91.1 cm³/mol. The fourth-order valence-corrected chi connectivity index (χ4v) is 3.24. The summed E-state index contributed by atoms with van der Waals surface area (Å²) in [7, 11) is 0. The summed E-state index contributed by atoms with van der Waals surface area (Å²) < 4.78 is 0. The van der Waals surface area contributed by atoms with Crippen molar-refractivity contribution in [3.63, 3.8) is 0 Å². The lowest BCUT2D eigenvalue weighted by Gasteiger charge is -2.26. The highest BCUT2D eigenvalue weighted by molar-refractivity contribution is 5.70. The fourth-order valence-electron chi connectivity index (χ4n) is 3.24. The van der Waals surface area contributed by atoms with Crippen LogP contribution < -0.4 is 5.56 Å². The fraction of sp³-hybridized carbons (Fsp3) is 0.368. The van der Waals surface area contributed by atoms with Gasteiger partial charge >= 0.3 is 0 Å². The van der Waals surface area contributed by atoms with Gasteiger partial charge in [0.1, 0.15) is 11.6 Å². The molecule has 1 aliphatic rings. The highest BCUT2D eigenvalue weighted by Crippen LogP contribution is 2.24. The number of nitrogens with one attached hydrogen (secondary N) is 1. The summed E-state index contributed by atoms with van der Waals surface area (Å²) in [6, 6.07) is 12.1. The van der Waals surface area contributed by atoms with E-state index < -0.39 is 0 Å². The third kappa shape index (κ3) is 3.52. The molecule has 2 aromatic rings. The van der Waals surface area contributed by atoms with Crippen molar-refractivity contribution in [2.75, 3.05) is 13.1 Å². The zero-order valence-electron chi connectivity index (χ0n) is 13.4. The van der Waals surface area contributed by atoms with Crippen molar-refractivity contribution >= 4 is 0 Å². The molecule has 1 N–H and O–H groups in total. The number of benzene rings is 1. The molecule has 1 aliphatic heterocycles. The van der Waals surface area contributed by atoms with Gasteiger partial charge in [-0.3, -0.25) is 9.69 Å². The van der Waals surface area contributed by atoms with Gasteiger partial charge < -0.3 is 4.98 Å². The lowest BCUT2D eigenvalue weighted by molar-refractivity contribution is 0.221. The van der Waals surface area contributed by atoms with Gasteiger partial charge in [0, 0.05) is 17.8 Å². The van der Waals surface area contributed by atoms with Gasteiger partial charge in [-0.05, 0) is 56.1 Å². The van der Waals surface area contributed by atoms with Gasteiger partial charge in [-0.25, -0.2) is 0 Å². The summed E-state index contributed by atoms with van der Waals surface area (Å²) in [4.78, 5) is 17.1. The van der Waals surface area contributed by atoms with E-state index in [1.165, 1.54) is 24.8 Å². The van der Waals surface area contributed by atoms with Crippen LogP contribution in [0.1, 0.15) is 36.1 Å². The first-order valence-corrected chi connectivity index (χ1v) is 8.13. The van der Waals surface area contributed by atoms with Crippen molar-refractivity contribution < 1.29 is 0 Å². The van der Waals surface area contributed by atoms with Gasteiger partial charge in [0.05, 0.1) is 0 Å². The van der Waals surface area contributed by atoms with Crippen LogP contribution in [0.2, 0.25) is 0 Å². The zero-order chi connectivity index (χ0) is 16.2. The third-order valence-electron chi connectivity index (χ3n) is 4.37. The van der Waals surface area contributed by atoms with Crippen molar-refractivity contribution in [1.29, 1.82) is 5.26 Å². The van der Waals surface area contributed by atoms with E-state index in [2.05, 4.69) is 22.0 Å². The van der Waals surface area contributed by atoms with E-state index in [0.717, 1.165) is 30.9 Å².